The summed E-state index contributed by atoms with van der Waals surface area (Å²) in [6, 6.07) is 6.76. The number of carbonyl (C=O) groups excluding carboxylic acids is 1. The van der Waals surface area contributed by atoms with E-state index in [1.165, 1.54) is 6.26 Å². The predicted molar refractivity (Wildman–Crippen MR) is 96.1 cm³/mol. The zero-order valence-corrected chi connectivity index (χ0v) is 15.6. The summed E-state index contributed by atoms with van der Waals surface area (Å²) in [6.45, 7) is 0.710. The summed E-state index contributed by atoms with van der Waals surface area (Å²) in [7, 11) is -3.25. The number of aliphatic hydroxyl groups is 1. The van der Waals surface area contributed by atoms with Crippen LogP contribution in [0.4, 0.5) is 0 Å². The van der Waals surface area contributed by atoms with Crippen LogP contribution in [0.1, 0.15) is 50.5 Å². The van der Waals surface area contributed by atoms with E-state index < -0.39 is 15.3 Å². The second-order valence-electron chi connectivity index (χ2n) is 7.42. The molecule has 1 aliphatic carbocycles. The highest BCUT2D eigenvalue weighted by atomic mass is 32.2. The summed E-state index contributed by atoms with van der Waals surface area (Å²) >= 11 is 0. The minimum Gasteiger partial charge on any atom is -0.394 e. The molecule has 3 rings (SSSR count). The first-order valence-electron chi connectivity index (χ1n) is 9.11. The van der Waals surface area contributed by atoms with Crippen molar-refractivity contribution in [2.75, 3.05) is 19.4 Å². The highest BCUT2D eigenvalue weighted by molar-refractivity contribution is 7.90. The minimum absolute atomic E-state index is 0.00877. The number of aliphatic hydroxyl groups excluding tert-OH is 1. The molecule has 5 nitrogen and oxygen atoms in total. The van der Waals surface area contributed by atoms with E-state index in [0.29, 0.717) is 6.54 Å². The molecule has 0 radical (unpaired) electrons. The molecule has 25 heavy (non-hydrogen) atoms. The lowest BCUT2D eigenvalue weighted by atomic mass is 9.68. The van der Waals surface area contributed by atoms with Gasteiger partial charge in [-0.1, -0.05) is 31.4 Å². The van der Waals surface area contributed by atoms with Crippen molar-refractivity contribution in [3.05, 3.63) is 29.8 Å². The highest BCUT2D eigenvalue weighted by Crippen LogP contribution is 2.42. The van der Waals surface area contributed by atoms with Crippen LogP contribution in [0.15, 0.2) is 29.2 Å². The van der Waals surface area contributed by atoms with E-state index in [1.54, 1.807) is 12.1 Å². The molecule has 2 aliphatic rings. The molecule has 0 bridgehead atoms. The van der Waals surface area contributed by atoms with Crippen LogP contribution in [-0.4, -0.2) is 49.8 Å². The zero-order valence-electron chi connectivity index (χ0n) is 14.8. The monoisotopic (exact) mass is 365 g/mol. The van der Waals surface area contributed by atoms with Crippen molar-refractivity contribution in [3.63, 3.8) is 0 Å². The van der Waals surface area contributed by atoms with Gasteiger partial charge in [-0.25, -0.2) is 8.42 Å². The molecular formula is C19H27NO4S. The van der Waals surface area contributed by atoms with E-state index in [1.807, 2.05) is 17.0 Å². The predicted octanol–water partition coefficient (Wildman–Crippen LogP) is 2.28. The maximum atomic E-state index is 13.5. The van der Waals surface area contributed by atoms with Crippen LogP contribution in [0.2, 0.25) is 0 Å². The number of likely N-dealkylation sites (tertiary alicyclic amines) is 1. The maximum absolute atomic E-state index is 13.5. The maximum Gasteiger partial charge on any atom is 0.233 e. The SMILES string of the molecule is CS(=O)(=O)c1ccc(C2(C(=O)N3CCCC3CO)CCCCC2)cc1. The molecule has 1 unspecified atom stereocenters. The van der Waals surface area contributed by atoms with E-state index >= 15 is 0 Å². The number of carbonyl (C=O) groups is 1. The normalized spacial score (nSPS) is 23.6. The molecule has 1 saturated carbocycles. The number of benzene rings is 1. The van der Waals surface area contributed by atoms with E-state index in [9.17, 15) is 18.3 Å². The van der Waals surface area contributed by atoms with Gasteiger partial charge < -0.3 is 10.0 Å². The molecule has 2 fully saturated rings. The van der Waals surface area contributed by atoms with Crippen molar-refractivity contribution in [1.29, 1.82) is 0 Å². The van der Waals surface area contributed by atoms with Crippen LogP contribution in [0.25, 0.3) is 0 Å². The van der Waals surface area contributed by atoms with Gasteiger partial charge in [0.1, 0.15) is 0 Å². The van der Waals surface area contributed by atoms with Gasteiger partial charge in [0, 0.05) is 12.8 Å². The molecule has 6 heteroatoms. The Kier molecular flexibility index (Phi) is 5.21. The summed E-state index contributed by atoms with van der Waals surface area (Å²) in [4.78, 5) is 15.6. The molecule has 1 N–H and O–H groups in total. The molecule has 1 atom stereocenters. The van der Waals surface area contributed by atoms with E-state index in [4.69, 9.17) is 0 Å². The number of rotatable bonds is 4. The number of amides is 1. The quantitative estimate of drug-likeness (QED) is 0.888. The standard InChI is InChI=1S/C19H27NO4S/c1-25(23,24)17-9-7-15(8-10-17)19(11-3-2-4-12-19)18(22)20-13-5-6-16(20)14-21/h7-10,16,21H,2-6,11-14H2,1H3. The van der Waals surface area contributed by atoms with E-state index in [-0.39, 0.29) is 23.5 Å². The number of sulfone groups is 1. The van der Waals surface area contributed by atoms with Gasteiger partial charge in [-0.05, 0) is 43.4 Å². The Morgan fingerprint density at radius 2 is 1.80 bits per heavy atom. The van der Waals surface area contributed by atoms with E-state index in [0.717, 1.165) is 50.5 Å². The Labute approximate surface area is 150 Å². The summed E-state index contributed by atoms with van der Waals surface area (Å²) < 4.78 is 23.4. The van der Waals surface area contributed by atoms with Crippen LogP contribution in [0.5, 0.6) is 0 Å². The first-order valence-corrected chi connectivity index (χ1v) is 11.0. The van der Waals surface area contributed by atoms with Crippen molar-refractivity contribution < 1.29 is 18.3 Å². The zero-order chi connectivity index (χ0) is 18.1. The van der Waals surface area contributed by atoms with Crippen molar-refractivity contribution in [3.8, 4) is 0 Å². The topological polar surface area (TPSA) is 74.7 Å². The number of nitrogens with zero attached hydrogens (tertiary/aromatic N) is 1. The summed E-state index contributed by atoms with van der Waals surface area (Å²) in [5.41, 5.74) is 0.333. The molecule has 1 aromatic carbocycles. The fourth-order valence-electron chi connectivity index (χ4n) is 4.37. The van der Waals surface area contributed by atoms with Gasteiger partial charge in [-0.3, -0.25) is 4.79 Å². The van der Waals surface area contributed by atoms with Gasteiger partial charge in [0.05, 0.1) is 23.0 Å². The van der Waals surface area contributed by atoms with Crippen molar-refractivity contribution >= 4 is 15.7 Å². The number of hydrogen-bond acceptors (Lipinski definition) is 4. The Morgan fingerprint density at radius 3 is 2.36 bits per heavy atom. The third-order valence-electron chi connectivity index (χ3n) is 5.80. The summed E-state index contributed by atoms with van der Waals surface area (Å²) in [6.07, 6.45) is 7.68. The Bertz CT molecular complexity index is 720. The van der Waals surface area contributed by atoms with Crippen molar-refractivity contribution in [2.24, 2.45) is 0 Å². The molecule has 1 heterocycles. The smallest absolute Gasteiger partial charge is 0.233 e. The second-order valence-corrected chi connectivity index (χ2v) is 9.43. The van der Waals surface area contributed by atoms with Crippen LogP contribution in [0, 0.1) is 0 Å². The molecule has 138 valence electrons. The fraction of sp³-hybridized carbons (Fsp3) is 0.632. The van der Waals surface area contributed by atoms with Crippen LogP contribution >= 0.6 is 0 Å². The summed E-state index contributed by atoms with van der Waals surface area (Å²) in [5.74, 6) is 0.107. The van der Waals surface area contributed by atoms with E-state index in [2.05, 4.69) is 0 Å². The minimum atomic E-state index is -3.25. The van der Waals surface area contributed by atoms with Crippen LogP contribution in [0.3, 0.4) is 0 Å². The molecular weight excluding hydrogens is 338 g/mol. The first-order chi connectivity index (χ1) is 11.9. The van der Waals surface area contributed by atoms with Gasteiger partial charge in [0.2, 0.25) is 5.91 Å². The van der Waals surface area contributed by atoms with Gasteiger partial charge >= 0.3 is 0 Å². The van der Waals surface area contributed by atoms with Crippen LogP contribution in [-0.2, 0) is 20.0 Å². The largest absolute Gasteiger partial charge is 0.394 e. The highest BCUT2D eigenvalue weighted by Gasteiger charge is 2.45. The third kappa shape index (κ3) is 3.47. The van der Waals surface area contributed by atoms with Gasteiger partial charge in [0.15, 0.2) is 9.84 Å². The lowest BCUT2D eigenvalue weighted by Gasteiger charge is -2.40. The Balaban J connectivity index is 1.97. The van der Waals surface area contributed by atoms with Gasteiger partial charge in [0.25, 0.3) is 0 Å². The lowest BCUT2D eigenvalue weighted by Crippen LogP contribution is -2.50. The van der Waals surface area contributed by atoms with Gasteiger partial charge in [-0.2, -0.15) is 0 Å². The molecule has 1 saturated heterocycles. The van der Waals surface area contributed by atoms with Crippen molar-refractivity contribution in [2.45, 2.75) is 61.3 Å². The van der Waals surface area contributed by atoms with Gasteiger partial charge in [-0.15, -0.1) is 0 Å². The van der Waals surface area contributed by atoms with Crippen LogP contribution < -0.4 is 0 Å². The molecule has 0 spiro atoms. The first kappa shape index (κ1) is 18.4. The lowest BCUT2D eigenvalue weighted by molar-refractivity contribution is -0.140. The molecule has 1 aromatic rings. The molecule has 1 aliphatic heterocycles. The van der Waals surface area contributed by atoms with Crippen molar-refractivity contribution in [1.82, 2.24) is 4.90 Å². The average Bonchev–Trinajstić information content (AvgIpc) is 3.09. The average molecular weight is 365 g/mol. The molecule has 0 aromatic heterocycles. The third-order valence-corrected chi connectivity index (χ3v) is 6.93. The Hall–Kier alpha value is -1.40. The molecule has 1 amide bonds. The summed E-state index contributed by atoms with van der Waals surface area (Å²) in [5, 5.41) is 9.60. The fourth-order valence-corrected chi connectivity index (χ4v) is 5.00. The number of hydrogen-bond donors (Lipinski definition) is 1. The second kappa shape index (κ2) is 7.08. The Morgan fingerprint density at radius 1 is 1.16 bits per heavy atom.